The van der Waals surface area contributed by atoms with E-state index in [2.05, 4.69) is 15.2 Å². The van der Waals surface area contributed by atoms with Crippen molar-refractivity contribution in [3.63, 3.8) is 0 Å². The van der Waals surface area contributed by atoms with Crippen molar-refractivity contribution in [2.24, 2.45) is 0 Å². The van der Waals surface area contributed by atoms with E-state index in [1.54, 1.807) is 26.3 Å². The number of nitro benzene ring substituents is 1. The van der Waals surface area contributed by atoms with Crippen LogP contribution in [0.5, 0.6) is 5.75 Å². The number of pyridine rings is 1. The average molecular weight is 476 g/mol. The third-order valence-electron chi connectivity index (χ3n) is 5.74. The number of rotatable bonds is 6. The number of ether oxygens (including phenoxy) is 2. The molecule has 0 radical (unpaired) electrons. The molecule has 3 aromatic rings. The van der Waals surface area contributed by atoms with E-state index < -0.39 is 28.4 Å². The average Bonchev–Trinajstić information content (AvgIpc) is 2.83. The zero-order valence-corrected chi connectivity index (χ0v) is 18.6. The maximum atomic E-state index is 13.3. The van der Waals surface area contributed by atoms with E-state index in [1.165, 1.54) is 0 Å². The highest BCUT2D eigenvalue weighted by Gasteiger charge is 2.33. The minimum absolute atomic E-state index is 0.147. The summed E-state index contributed by atoms with van der Waals surface area (Å²) in [6, 6.07) is 7.42. The summed E-state index contributed by atoms with van der Waals surface area (Å²) in [4.78, 5) is 16.9. The quantitative estimate of drug-likeness (QED) is 0.387. The number of fused-ring (bicyclic) bond motifs is 1. The van der Waals surface area contributed by atoms with E-state index in [9.17, 15) is 23.3 Å². The van der Waals surface area contributed by atoms with E-state index in [4.69, 9.17) is 9.47 Å². The smallest absolute Gasteiger partial charge is 0.416 e. The molecule has 0 unspecified atom stereocenters. The summed E-state index contributed by atoms with van der Waals surface area (Å²) < 4.78 is 51.0. The molecule has 0 aliphatic carbocycles. The molecule has 1 atom stereocenters. The molecule has 0 spiro atoms. The van der Waals surface area contributed by atoms with Gasteiger partial charge in [-0.2, -0.15) is 13.2 Å². The third kappa shape index (κ3) is 4.84. The van der Waals surface area contributed by atoms with Crippen molar-refractivity contribution in [3.05, 3.63) is 63.8 Å². The molecule has 4 rings (SSSR count). The largest absolute Gasteiger partial charge is 0.495 e. The molecule has 180 valence electrons. The van der Waals surface area contributed by atoms with Crippen molar-refractivity contribution in [1.29, 1.82) is 0 Å². The molecule has 0 saturated carbocycles. The lowest BCUT2D eigenvalue weighted by atomic mass is 10.0. The topological polar surface area (TPSA) is 89.8 Å². The van der Waals surface area contributed by atoms with Crippen LogP contribution in [0, 0.1) is 10.1 Å². The van der Waals surface area contributed by atoms with E-state index >= 15 is 0 Å². The van der Waals surface area contributed by atoms with Gasteiger partial charge in [0.15, 0.2) is 0 Å². The van der Waals surface area contributed by atoms with Crippen molar-refractivity contribution in [1.82, 2.24) is 4.98 Å². The number of methoxy groups -OCH3 is 1. The molecule has 1 N–H and O–H groups in total. The summed E-state index contributed by atoms with van der Waals surface area (Å²) >= 11 is 0. The molecule has 2 aromatic carbocycles. The SMILES string of the molecule is COc1cc2nccc(N[C@H](C)c3cc([N+](=O)[O-])cc(C(F)(F)F)c3)c2cc1N1CCOCC1. The molecule has 1 fully saturated rings. The lowest BCUT2D eigenvalue weighted by molar-refractivity contribution is -0.385. The number of nitro groups is 1. The summed E-state index contributed by atoms with van der Waals surface area (Å²) in [5.74, 6) is 0.653. The summed E-state index contributed by atoms with van der Waals surface area (Å²) in [6.07, 6.45) is -3.12. The Morgan fingerprint density at radius 3 is 2.59 bits per heavy atom. The van der Waals surface area contributed by atoms with Crippen molar-refractivity contribution in [2.45, 2.75) is 19.1 Å². The van der Waals surface area contributed by atoms with Gasteiger partial charge in [0.1, 0.15) is 5.75 Å². The van der Waals surface area contributed by atoms with E-state index in [1.807, 2.05) is 12.1 Å². The highest BCUT2D eigenvalue weighted by molar-refractivity contribution is 5.95. The second kappa shape index (κ2) is 9.34. The van der Waals surface area contributed by atoms with Crippen LogP contribution in [0.25, 0.3) is 10.9 Å². The fourth-order valence-electron chi connectivity index (χ4n) is 3.97. The van der Waals surface area contributed by atoms with Gasteiger partial charge < -0.3 is 19.7 Å². The van der Waals surface area contributed by atoms with Crippen LogP contribution < -0.4 is 15.0 Å². The molecule has 1 aliphatic rings. The summed E-state index contributed by atoms with van der Waals surface area (Å²) in [6.45, 7) is 4.21. The Kier molecular flexibility index (Phi) is 6.47. The first-order valence-electron chi connectivity index (χ1n) is 10.6. The molecule has 8 nitrogen and oxygen atoms in total. The molecule has 11 heteroatoms. The van der Waals surface area contributed by atoms with Crippen LogP contribution in [0.2, 0.25) is 0 Å². The Morgan fingerprint density at radius 2 is 1.94 bits per heavy atom. The van der Waals surface area contributed by atoms with Crippen LogP contribution in [0.3, 0.4) is 0 Å². The number of aromatic nitrogens is 1. The van der Waals surface area contributed by atoms with Gasteiger partial charge in [0.25, 0.3) is 5.69 Å². The van der Waals surface area contributed by atoms with Crippen LogP contribution in [0.4, 0.5) is 30.2 Å². The van der Waals surface area contributed by atoms with Crippen molar-refractivity contribution in [2.75, 3.05) is 43.6 Å². The minimum atomic E-state index is -4.70. The van der Waals surface area contributed by atoms with Gasteiger partial charge in [-0.15, -0.1) is 0 Å². The highest BCUT2D eigenvalue weighted by atomic mass is 19.4. The number of nitrogens with one attached hydrogen (secondary N) is 1. The first-order valence-corrected chi connectivity index (χ1v) is 10.6. The first-order chi connectivity index (χ1) is 16.2. The standard InChI is InChI=1S/C23H23F3N4O4/c1-14(15-9-16(23(24,25)26)11-17(10-15)30(31)32)28-19-3-4-27-20-13-22(33-2)21(12-18(19)20)29-5-7-34-8-6-29/h3-4,9-14H,5-8H2,1-2H3,(H,27,28)/t14-/m1/s1. The highest BCUT2D eigenvalue weighted by Crippen LogP contribution is 2.38. The van der Waals surface area contributed by atoms with Crippen LogP contribution in [0.1, 0.15) is 24.1 Å². The van der Waals surface area contributed by atoms with Crippen LogP contribution in [-0.2, 0) is 10.9 Å². The molecular formula is C23H23F3N4O4. The third-order valence-corrected chi connectivity index (χ3v) is 5.74. The number of halogens is 3. The number of alkyl halides is 3. The van der Waals surface area contributed by atoms with Gasteiger partial charge in [-0.3, -0.25) is 15.1 Å². The van der Waals surface area contributed by atoms with Gasteiger partial charge >= 0.3 is 6.18 Å². The fourth-order valence-corrected chi connectivity index (χ4v) is 3.97. The number of hydrogen-bond acceptors (Lipinski definition) is 7. The van der Waals surface area contributed by atoms with Crippen molar-refractivity contribution < 1.29 is 27.6 Å². The monoisotopic (exact) mass is 476 g/mol. The van der Waals surface area contributed by atoms with Crippen LogP contribution in [-0.4, -0.2) is 43.3 Å². The molecule has 2 heterocycles. The van der Waals surface area contributed by atoms with E-state index in [-0.39, 0.29) is 5.56 Å². The Balaban J connectivity index is 1.73. The zero-order valence-electron chi connectivity index (χ0n) is 18.6. The Morgan fingerprint density at radius 1 is 1.21 bits per heavy atom. The molecule has 1 saturated heterocycles. The Hall–Kier alpha value is -3.60. The van der Waals surface area contributed by atoms with Gasteiger partial charge in [0.2, 0.25) is 0 Å². The summed E-state index contributed by atoms with van der Waals surface area (Å²) in [5, 5.41) is 15.2. The van der Waals surface area contributed by atoms with Crippen LogP contribution >= 0.6 is 0 Å². The molecule has 1 aromatic heterocycles. The first kappa shape index (κ1) is 23.6. The van der Waals surface area contributed by atoms with Gasteiger partial charge in [-0.25, -0.2) is 0 Å². The van der Waals surface area contributed by atoms with Gasteiger partial charge in [-0.1, -0.05) is 0 Å². The van der Waals surface area contributed by atoms with Crippen molar-refractivity contribution in [3.8, 4) is 5.75 Å². The molecule has 0 amide bonds. The van der Waals surface area contributed by atoms with Gasteiger partial charge in [-0.05, 0) is 30.7 Å². The molecule has 34 heavy (non-hydrogen) atoms. The minimum Gasteiger partial charge on any atom is -0.495 e. The van der Waals surface area contributed by atoms with Crippen LogP contribution in [0.15, 0.2) is 42.6 Å². The number of hydrogen-bond donors (Lipinski definition) is 1. The maximum absolute atomic E-state index is 13.3. The van der Waals surface area contributed by atoms with Gasteiger partial charge in [0.05, 0.1) is 42.0 Å². The van der Waals surface area contributed by atoms with E-state index in [0.29, 0.717) is 49.3 Å². The predicted octanol–water partition coefficient (Wildman–Crippen LogP) is 5.18. The lowest BCUT2D eigenvalue weighted by Gasteiger charge is -2.30. The number of morpholine rings is 1. The normalized spacial score (nSPS) is 15.3. The second-order valence-corrected chi connectivity index (χ2v) is 7.93. The predicted molar refractivity (Wildman–Crippen MR) is 121 cm³/mol. The fraction of sp³-hybridized carbons (Fsp3) is 0.348. The summed E-state index contributed by atoms with van der Waals surface area (Å²) in [5.41, 5.74) is 0.600. The van der Waals surface area contributed by atoms with E-state index in [0.717, 1.165) is 23.2 Å². The number of anilines is 2. The number of benzene rings is 2. The zero-order chi connectivity index (χ0) is 24.5. The second-order valence-electron chi connectivity index (χ2n) is 7.93. The molecule has 0 bridgehead atoms. The van der Waals surface area contributed by atoms with Crippen molar-refractivity contribution >= 4 is 28.0 Å². The Bertz CT molecular complexity index is 1210. The maximum Gasteiger partial charge on any atom is 0.416 e. The lowest BCUT2D eigenvalue weighted by Crippen LogP contribution is -2.36. The Labute approximate surface area is 193 Å². The van der Waals surface area contributed by atoms with Gasteiger partial charge in [0, 0.05) is 54.6 Å². The number of non-ortho nitro benzene ring substituents is 1. The molecule has 1 aliphatic heterocycles. The molecular weight excluding hydrogens is 453 g/mol. The summed E-state index contributed by atoms with van der Waals surface area (Å²) in [7, 11) is 1.58. The number of nitrogens with zero attached hydrogens (tertiary/aromatic N) is 3.